The summed E-state index contributed by atoms with van der Waals surface area (Å²) in [5, 5.41) is 3.33. The topological polar surface area (TPSA) is 41.6 Å². The zero-order valence-corrected chi connectivity index (χ0v) is 9.37. The van der Waals surface area contributed by atoms with E-state index in [0.29, 0.717) is 5.78 Å². The van der Waals surface area contributed by atoms with Gasteiger partial charge in [-0.3, -0.25) is 4.79 Å². The number of hydrogen-bond donors (Lipinski definition) is 1. The molecule has 0 saturated carbocycles. The summed E-state index contributed by atoms with van der Waals surface area (Å²) in [6.07, 6.45) is 1.07. The van der Waals surface area contributed by atoms with Gasteiger partial charge in [-0.05, 0) is 6.42 Å². The number of fused-ring (bicyclic) bond motifs is 2. The van der Waals surface area contributed by atoms with E-state index in [1.165, 1.54) is 0 Å². The molecule has 4 nitrogen and oxygen atoms in total. The highest BCUT2D eigenvalue weighted by molar-refractivity contribution is 5.85. The minimum Gasteiger partial charge on any atom is -0.385 e. The Balaban J connectivity index is 1.82. The molecule has 2 aliphatic rings. The van der Waals surface area contributed by atoms with Crippen LogP contribution in [0.25, 0.3) is 0 Å². The molecular formula is C11H20N2O2. The van der Waals surface area contributed by atoms with Gasteiger partial charge in [0.25, 0.3) is 0 Å². The van der Waals surface area contributed by atoms with E-state index in [1.807, 2.05) is 0 Å². The molecule has 2 bridgehead atoms. The second-order valence-electron chi connectivity index (χ2n) is 4.56. The Bertz CT molecular complexity index is 217. The third-order valence-electron chi connectivity index (χ3n) is 3.37. The first kappa shape index (κ1) is 11.0. The van der Waals surface area contributed by atoms with Gasteiger partial charge in [-0.2, -0.15) is 0 Å². The van der Waals surface area contributed by atoms with Crippen LogP contribution >= 0.6 is 0 Å². The molecular weight excluding hydrogens is 192 g/mol. The van der Waals surface area contributed by atoms with Crippen LogP contribution in [0.4, 0.5) is 0 Å². The molecule has 0 spiro atoms. The van der Waals surface area contributed by atoms with E-state index < -0.39 is 0 Å². The van der Waals surface area contributed by atoms with Gasteiger partial charge in [-0.15, -0.1) is 0 Å². The number of nitrogens with one attached hydrogen (secondary N) is 1. The predicted octanol–water partition coefficient (Wildman–Crippen LogP) is -0.257. The van der Waals surface area contributed by atoms with Crippen molar-refractivity contribution >= 4 is 5.78 Å². The number of nitrogens with zero attached hydrogens (tertiary/aromatic N) is 1. The average molecular weight is 212 g/mol. The van der Waals surface area contributed by atoms with Crippen molar-refractivity contribution in [2.75, 3.05) is 46.4 Å². The van der Waals surface area contributed by atoms with Crippen LogP contribution in [0.1, 0.15) is 6.42 Å². The molecule has 0 aliphatic carbocycles. The fourth-order valence-electron chi connectivity index (χ4n) is 2.59. The molecule has 86 valence electrons. The molecule has 1 N–H and O–H groups in total. The number of likely N-dealkylation sites (tertiary alicyclic amines) is 1. The Hall–Kier alpha value is -0.450. The fraction of sp³-hybridized carbons (Fsp3) is 0.909. The lowest BCUT2D eigenvalue weighted by Crippen LogP contribution is -2.57. The Kier molecular flexibility index (Phi) is 3.72. The Labute approximate surface area is 91.0 Å². The van der Waals surface area contributed by atoms with Gasteiger partial charge in [0.15, 0.2) is 0 Å². The maximum absolute atomic E-state index is 11.8. The molecule has 4 heteroatoms. The predicted molar refractivity (Wildman–Crippen MR) is 57.8 cm³/mol. The largest absolute Gasteiger partial charge is 0.385 e. The van der Waals surface area contributed by atoms with Gasteiger partial charge in [0, 0.05) is 58.3 Å². The van der Waals surface area contributed by atoms with Crippen molar-refractivity contribution in [2.24, 2.45) is 11.8 Å². The monoisotopic (exact) mass is 212 g/mol. The number of rotatable bonds is 4. The van der Waals surface area contributed by atoms with E-state index in [9.17, 15) is 4.79 Å². The number of hydrogen-bond acceptors (Lipinski definition) is 4. The molecule has 2 saturated heterocycles. The number of carbonyl (C=O) groups excluding carboxylic acids is 1. The molecule has 2 aliphatic heterocycles. The summed E-state index contributed by atoms with van der Waals surface area (Å²) >= 11 is 0. The first-order valence-corrected chi connectivity index (χ1v) is 5.77. The highest BCUT2D eigenvalue weighted by Gasteiger charge is 2.37. The minimum absolute atomic E-state index is 0.236. The molecule has 2 heterocycles. The van der Waals surface area contributed by atoms with Crippen molar-refractivity contribution < 1.29 is 9.53 Å². The van der Waals surface area contributed by atoms with Crippen LogP contribution in [-0.2, 0) is 9.53 Å². The van der Waals surface area contributed by atoms with E-state index in [-0.39, 0.29) is 11.8 Å². The van der Waals surface area contributed by atoms with Crippen LogP contribution in [-0.4, -0.2) is 57.1 Å². The Morgan fingerprint density at radius 2 is 2.07 bits per heavy atom. The SMILES string of the molecule is COCCCN1CC2CNCC(C1)C2=O. The lowest BCUT2D eigenvalue weighted by atomic mass is 9.84. The maximum Gasteiger partial charge on any atom is 0.144 e. The van der Waals surface area contributed by atoms with Gasteiger partial charge in [0.05, 0.1) is 0 Å². The van der Waals surface area contributed by atoms with Crippen LogP contribution < -0.4 is 5.32 Å². The van der Waals surface area contributed by atoms with Crippen LogP contribution in [0.15, 0.2) is 0 Å². The number of ketones is 1. The molecule has 0 aromatic carbocycles. The number of piperidine rings is 2. The van der Waals surface area contributed by atoms with Gasteiger partial charge < -0.3 is 15.0 Å². The van der Waals surface area contributed by atoms with Gasteiger partial charge in [0.1, 0.15) is 5.78 Å². The first-order chi connectivity index (χ1) is 7.31. The number of carbonyl (C=O) groups is 1. The highest BCUT2D eigenvalue weighted by atomic mass is 16.5. The molecule has 2 fully saturated rings. The lowest BCUT2D eigenvalue weighted by Gasteiger charge is -2.40. The second-order valence-corrected chi connectivity index (χ2v) is 4.56. The molecule has 15 heavy (non-hydrogen) atoms. The fourth-order valence-corrected chi connectivity index (χ4v) is 2.59. The van der Waals surface area contributed by atoms with Crippen molar-refractivity contribution in [1.82, 2.24) is 10.2 Å². The van der Waals surface area contributed by atoms with Crippen LogP contribution in [0.3, 0.4) is 0 Å². The van der Waals surface area contributed by atoms with Gasteiger partial charge in [0.2, 0.25) is 0 Å². The lowest BCUT2D eigenvalue weighted by molar-refractivity contribution is -0.133. The summed E-state index contributed by atoms with van der Waals surface area (Å²) in [4.78, 5) is 14.2. The molecule has 0 aromatic rings. The molecule has 2 unspecified atom stereocenters. The smallest absolute Gasteiger partial charge is 0.144 e. The summed E-state index contributed by atoms with van der Waals surface area (Å²) in [6.45, 7) is 5.50. The second kappa shape index (κ2) is 5.05. The molecule has 0 aromatic heterocycles. The van der Waals surface area contributed by atoms with Crippen molar-refractivity contribution in [1.29, 1.82) is 0 Å². The number of ether oxygens (including phenoxy) is 1. The summed E-state index contributed by atoms with van der Waals surface area (Å²) in [7, 11) is 1.73. The standard InChI is InChI=1S/C11H20N2O2/c1-15-4-2-3-13-7-9-5-12-6-10(8-13)11(9)14/h9-10,12H,2-8H2,1H3. The third-order valence-corrected chi connectivity index (χ3v) is 3.37. The van der Waals surface area contributed by atoms with E-state index in [4.69, 9.17) is 4.74 Å². The van der Waals surface area contributed by atoms with Crippen LogP contribution in [0, 0.1) is 11.8 Å². The van der Waals surface area contributed by atoms with E-state index in [2.05, 4.69) is 10.2 Å². The number of Topliss-reactive ketones (excluding diaryl/α,β-unsaturated/α-hetero) is 1. The quantitative estimate of drug-likeness (QED) is 0.652. The van der Waals surface area contributed by atoms with Gasteiger partial charge in [-0.1, -0.05) is 0 Å². The van der Waals surface area contributed by atoms with Crippen molar-refractivity contribution in [3.05, 3.63) is 0 Å². The third kappa shape index (κ3) is 2.56. The van der Waals surface area contributed by atoms with E-state index in [1.54, 1.807) is 7.11 Å². The average Bonchev–Trinajstić information content (AvgIpc) is 2.19. The maximum atomic E-state index is 11.8. The van der Waals surface area contributed by atoms with Crippen molar-refractivity contribution in [3.8, 4) is 0 Å². The van der Waals surface area contributed by atoms with Gasteiger partial charge >= 0.3 is 0 Å². The zero-order chi connectivity index (χ0) is 10.7. The Morgan fingerprint density at radius 3 is 2.67 bits per heavy atom. The van der Waals surface area contributed by atoms with Crippen molar-refractivity contribution in [2.45, 2.75) is 6.42 Å². The summed E-state index contributed by atoms with van der Waals surface area (Å²) < 4.78 is 5.04. The molecule has 2 rings (SSSR count). The summed E-state index contributed by atoms with van der Waals surface area (Å²) in [5.41, 5.74) is 0. The molecule has 0 radical (unpaired) electrons. The van der Waals surface area contributed by atoms with Crippen LogP contribution in [0.5, 0.6) is 0 Å². The zero-order valence-electron chi connectivity index (χ0n) is 9.37. The highest BCUT2D eigenvalue weighted by Crippen LogP contribution is 2.21. The minimum atomic E-state index is 0.236. The van der Waals surface area contributed by atoms with Crippen LogP contribution in [0.2, 0.25) is 0 Å². The Morgan fingerprint density at radius 1 is 1.40 bits per heavy atom. The summed E-state index contributed by atoms with van der Waals surface area (Å²) in [5.74, 6) is 0.955. The summed E-state index contributed by atoms with van der Waals surface area (Å²) in [6, 6.07) is 0. The van der Waals surface area contributed by atoms with E-state index in [0.717, 1.165) is 45.8 Å². The van der Waals surface area contributed by atoms with Gasteiger partial charge in [-0.25, -0.2) is 0 Å². The van der Waals surface area contributed by atoms with Crippen molar-refractivity contribution in [3.63, 3.8) is 0 Å². The van der Waals surface area contributed by atoms with E-state index >= 15 is 0 Å². The first-order valence-electron chi connectivity index (χ1n) is 5.77. The molecule has 2 atom stereocenters. The number of methoxy groups -OCH3 is 1. The normalized spacial score (nSPS) is 31.9. The molecule has 0 amide bonds.